The summed E-state index contributed by atoms with van der Waals surface area (Å²) in [7, 11) is 1.82. The predicted octanol–water partition coefficient (Wildman–Crippen LogP) is -1.21. The standard InChI is InChI=1S/C10H17N5O/c1-14-7-13-6-9(14)10(16)15-3-2-12-5-8(15)4-11/h6-8,12H,2-5,11H2,1H3. The van der Waals surface area contributed by atoms with Gasteiger partial charge in [-0.25, -0.2) is 4.98 Å². The number of carbonyl (C=O) groups excluding carboxylic acids is 1. The second-order valence-corrected chi connectivity index (χ2v) is 3.98. The molecule has 0 saturated carbocycles. The minimum atomic E-state index is 0.0111. The molecule has 1 fully saturated rings. The van der Waals surface area contributed by atoms with E-state index in [1.807, 2.05) is 11.9 Å². The number of hydrogen-bond donors (Lipinski definition) is 2. The highest BCUT2D eigenvalue weighted by atomic mass is 16.2. The maximum absolute atomic E-state index is 12.2. The number of amides is 1. The number of aromatic nitrogens is 2. The zero-order chi connectivity index (χ0) is 11.5. The molecule has 1 aliphatic heterocycles. The van der Waals surface area contributed by atoms with Crippen molar-refractivity contribution in [3.05, 3.63) is 18.2 Å². The lowest BCUT2D eigenvalue weighted by Gasteiger charge is -2.35. The molecule has 16 heavy (non-hydrogen) atoms. The van der Waals surface area contributed by atoms with Crippen LogP contribution < -0.4 is 11.1 Å². The van der Waals surface area contributed by atoms with Gasteiger partial charge in [0.25, 0.3) is 5.91 Å². The van der Waals surface area contributed by atoms with Gasteiger partial charge in [-0.3, -0.25) is 4.79 Å². The number of nitrogens with one attached hydrogen (secondary N) is 1. The summed E-state index contributed by atoms with van der Waals surface area (Å²) in [6.07, 6.45) is 3.23. The Balaban J connectivity index is 2.17. The first-order chi connectivity index (χ1) is 7.74. The first kappa shape index (κ1) is 11.1. The van der Waals surface area contributed by atoms with Crippen molar-refractivity contribution >= 4 is 5.91 Å². The monoisotopic (exact) mass is 223 g/mol. The quantitative estimate of drug-likeness (QED) is 0.660. The summed E-state index contributed by atoms with van der Waals surface area (Å²) in [6, 6.07) is 0.0798. The van der Waals surface area contributed by atoms with Gasteiger partial charge in [-0.1, -0.05) is 0 Å². The topological polar surface area (TPSA) is 76.2 Å². The number of piperazine rings is 1. The second kappa shape index (κ2) is 4.63. The SMILES string of the molecule is Cn1cncc1C(=O)N1CCNCC1CN. The molecule has 1 saturated heterocycles. The van der Waals surface area contributed by atoms with E-state index in [4.69, 9.17) is 5.73 Å². The van der Waals surface area contributed by atoms with E-state index in [2.05, 4.69) is 10.3 Å². The summed E-state index contributed by atoms with van der Waals surface area (Å²) in [4.78, 5) is 18.0. The van der Waals surface area contributed by atoms with E-state index < -0.39 is 0 Å². The van der Waals surface area contributed by atoms with Gasteiger partial charge in [0.2, 0.25) is 0 Å². The molecular formula is C10H17N5O. The summed E-state index contributed by atoms with van der Waals surface area (Å²) in [5.74, 6) is 0.0111. The highest BCUT2D eigenvalue weighted by molar-refractivity contribution is 5.92. The number of carbonyl (C=O) groups is 1. The molecule has 6 nitrogen and oxygen atoms in total. The van der Waals surface area contributed by atoms with Crippen LogP contribution in [0.15, 0.2) is 12.5 Å². The Morgan fingerprint density at radius 1 is 1.75 bits per heavy atom. The number of rotatable bonds is 2. The van der Waals surface area contributed by atoms with Gasteiger partial charge in [0.1, 0.15) is 5.69 Å². The number of aryl methyl sites for hydroxylation is 1. The van der Waals surface area contributed by atoms with Crippen LogP contribution in [0.1, 0.15) is 10.5 Å². The van der Waals surface area contributed by atoms with Gasteiger partial charge in [-0.05, 0) is 0 Å². The molecule has 1 unspecified atom stereocenters. The third-order valence-electron chi connectivity index (χ3n) is 2.92. The van der Waals surface area contributed by atoms with Crippen molar-refractivity contribution in [1.82, 2.24) is 19.8 Å². The summed E-state index contributed by atoms with van der Waals surface area (Å²) in [5.41, 5.74) is 6.28. The van der Waals surface area contributed by atoms with E-state index in [9.17, 15) is 4.79 Å². The van der Waals surface area contributed by atoms with Crippen molar-refractivity contribution in [2.24, 2.45) is 12.8 Å². The van der Waals surface area contributed by atoms with Crippen molar-refractivity contribution in [3.8, 4) is 0 Å². The van der Waals surface area contributed by atoms with Crippen LogP contribution in [-0.4, -0.2) is 52.6 Å². The summed E-state index contributed by atoms with van der Waals surface area (Å²) < 4.78 is 1.73. The van der Waals surface area contributed by atoms with E-state index in [0.717, 1.165) is 13.1 Å². The van der Waals surface area contributed by atoms with E-state index in [1.165, 1.54) is 0 Å². The molecule has 6 heteroatoms. The smallest absolute Gasteiger partial charge is 0.272 e. The van der Waals surface area contributed by atoms with Gasteiger partial charge in [0.05, 0.1) is 18.6 Å². The van der Waals surface area contributed by atoms with E-state index >= 15 is 0 Å². The molecule has 0 aromatic carbocycles. The van der Waals surface area contributed by atoms with Gasteiger partial charge in [-0.2, -0.15) is 0 Å². The van der Waals surface area contributed by atoms with Crippen LogP contribution in [0.4, 0.5) is 0 Å². The first-order valence-corrected chi connectivity index (χ1v) is 5.42. The largest absolute Gasteiger partial charge is 0.331 e. The third kappa shape index (κ3) is 1.94. The minimum absolute atomic E-state index is 0.0111. The van der Waals surface area contributed by atoms with Crippen molar-refractivity contribution in [3.63, 3.8) is 0 Å². The van der Waals surface area contributed by atoms with Crippen LogP contribution in [0.2, 0.25) is 0 Å². The molecule has 1 amide bonds. The van der Waals surface area contributed by atoms with Crippen LogP contribution in [0.25, 0.3) is 0 Å². The number of nitrogens with zero attached hydrogens (tertiary/aromatic N) is 3. The van der Waals surface area contributed by atoms with E-state index in [-0.39, 0.29) is 11.9 Å². The fourth-order valence-corrected chi connectivity index (χ4v) is 1.95. The third-order valence-corrected chi connectivity index (χ3v) is 2.92. The zero-order valence-corrected chi connectivity index (χ0v) is 9.39. The molecule has 3 N–H and O–H groups in total. The minimum Gasteiger partial charge on any atom is -0.331 e. The Morgan fingerprint density at radius 3 is 3.19 bits per heavy atom. The lowest BCUT2D eigenvalue weighted by molar-refractivity contribution is 0.0635. The van der Waals surface area contributed by atoms with Crippen LogP contribution >= 0.6 is 0 Å². The number of nitrogens with two attached hydrogens (primary N) is 1. The van der Waals surface area contributed by atoms with Crippen LogP contribution in [0, 0.1) is 0 Å². The lowest BCUT2D eigenvalue weighted by Crippen LogP contribution is -2.56. The van der Waals surface area contributed by atoms with Crippen molar-refractivity contribution in [2.45, 2.75) is 6.04 Å². The highest BCUT2D eigenvalue weighted by Gasteiger charge is 2.27. The molecule has 88 valence electrons. The zero-order valence-electron chi connectivity index (χ0n) is 9.39. The van der Waals surface area contributed by atoms with Gasteiger partial charge in [-0.15, -0.1) is 0 Å². The molecule has 1 aromatic rings. The predicted molar refractivity (Wildman–Crippen MR) is 60.0 cm³/mol. The van der Waals surface area contributed by atoms with Gasteiger partial charge < -0.3 is 20.5 Å². The summed E-state index contributed by atoms with van der Waals surface area (Å²) in [5, 5.41) is 3.23. The molecule has 0 aliphatic carbocycles. The number of imidazole rings is 1. The highest BCUT2D eigenvalue weighted by Crippen LogP contribution is 2.09. The van der Waals surface area contributed by atoms with Gasteiger partial charge in [0, 0.05) is 33.2 Å². The second-order valence-electron chi connectivity index (χ2n) is 3.98. The Kier molecular flexibility index (Phi) is 3.21. The molecule has 1 atom stereocenters. The lowest BCUT2D eigenvalue weighted by atomic mass is 10.2. The molecule has 0 spiro atoms. The fourth-order valence-electron chi connectivity index (χ4n) is 1.95. The maximum Gasteiger partial charge on any atom is 0.272 e. The molecule has 2 rings (SSSR count). The van der Waals surface area contributed by atoms with Gasteiger partial charge >= 0.3 is 0 Å². The number of hydrogen-bond acceptors (Lipinski definition) is 4. The average Bonchev–Trinajstić information content (AvgIpc) is 2.74. The Labute approximate surface area is 94.4 Å². The Morgan fingerprint density at radius 2 is 2.56 bits per heavy atom. The van der Waals surface area contributed by atoms with Crippen molar-refractivity contribution in [1.29, 1.82) is 0 Å². The van der Waals surface area contributed by atoms with Gasteiger partial charge in [0.15, 0.2) is 0 Å². The molecular weight excluding hydrogens is 206 g/mol. The van der Waals surface area contributed by atoms with Crippen LogP contribution in [-0.2, 0) is 7.05 Å². The van der Waals surface area contributed by atoms with E-state index in [1.54, 1.807) is 17.1 Å². The summed E-state index contributed by atoms with van der Waals surface area (Å²) in [6.45, 7) is 2.77. The fraction of sp³-hybridized carbons (Fsp3) is 0.600. The Hall–Kier alpha value is -1.40. The average molecular weight is 223 g/mol. The molecule has 1 aromatic heterocycles. The van der Waals surface area contributed by atoms with Crippen molar-refractivity contribution < 1.29 is 4.79 Å². The molecule has 0 bridgehead atoms. The van der Waals surface area contributed by atoms with Crippen molar-refractivity contribution in [2.75, 3.05) is 26.2 Å². The first-order valence-electron chi connectivity index (χ1n) is 5.42. The van der Waals surface area contributed by atoms with Crippen LogP contribution in [0.3, 0.4) is 0 Å². The maximum atomic E-state index is 12.2. The molecule has 2 heterocycles. The normalized spacial score (nSPS) is 21.1. The van der Waals surface area contributed by atoms with E-state index in [0.29, 0.717) is 18.8 Å². The summed E-state index contributed by atoms with van der Waals surface area (Å²) >= 11 is 0. The molecule has 1 aliphatic rings. The molecule has 0 radical (unpaired) electrons. The van der Waals surface area contributed by atoms with Crippen LogP contribution in [0.5, 0.6) is 0 Å². The Bertz CT molecular complexity index is 375.